The Labute approximate surface area is 77.7 Å². The summed E-state index contributed by atoms with van der Waals surface area (Å²) in [6.45, 7) is 4.03. The van der Waals surface area contributed by atoms with Crippen molar-refractivity contribution in [2.75, 3.05) is 7.11 Å². The first-order valence-electron chi connectivity index (χ1n) is 4.20. The fourth-order valence-corrected chi connectivity index (χ4v) is 1.21. The van der Waals surface area contributed by atoms with Gasteiger partial charge in [0, 0.05) is 0 Å². The van der Waals surface area contributed by atoms with Crippen LogP contribution < -0.4 is 4.74 Å². The molecule has 13 heavy (non-hydrogen) atoms. The summed E-state index contributed by atoms with van der Waals surface area (Å²) < 4.78 is 5.06. The highest BCUT2D eigenvalue weighted by Gasteiger charge is 2.08. The first kappa shape index (κ1) is 9.71. The number of methoxy groups -OCH3 is 1. The summed E-state index contributed by atoms with van der Waals surface area (Å²) in [6.07, 6.45) is 0. The molecule has 0 atom stereocenters. The molecule has 0 unspecified atom stereocenters. The number of benzene rings is 1. The molecule has 0 saturated heterocycles. The van der Waals surface area contributed by atoms with Gasteiger partial charge >= 0.3 is 0 Å². The molecule has 0 aliphatic heterocycles. The highest BCUT2D eigenvalue weighted by molar-refractivity contribution is 5.51. The van der Waals surface area contributed by atoms with E-state index in [1.54, 1.807) is 19.2 Å². The smallest absolute Gasteiger partial charge is 0.119 e. The predicted octanol–water partition coefficient (Wildman–Crippen LogP) is 3.22. The maximum Gasteiger partial charge on any atom is 0.119 e. The third kappa shape index (κ3) is 2.05. The summed E-state index contributed by atoms with van der Waals surface area (Å²) in [4.78, 5) is 10.4. The van der Waals surface area contributed by atoms with Gasteiger partial charge in [0.05, 0.1) is 7.11 Å². The molecular formula is C10H13NO2. The van der Waals surface area contributed by atoms with Crippen molar-refractivity contribution in [1.82, 2.24) is 0 Å². The van der Waals surface area contributed by atoms with E-state index >= 15 is 0 Å². The third-order valence-corrected chi connectivity index (χ3v) is 1.96. The van der Waals surface area contributed by atoms with E-state index in [4.69, 9.17) is 4.74 Å². The Balaban J connectivity index is 3.17. The molecule has 0 aliphatic rings. The first-order valence-corrected chi connectivity index (χ1v) is 4.20. The molecule has 0 bridgehead atoms. The van der Waals surface area contributed by atoms with Crippen LogP contribution in [0.5, 0.6) is 5.75 Å². The lowest BCUT2D eigenvalue weighted by atomic mass is 10.0. The van der Waals surface area contributed by atoms with E-state index in [2.05, 4.69) is 5.18 Å². The van der Waals surface area contributed by atoms with Gasteiger partial charge in [-0.2, -0.15) is 0 Å². The lowest BCUT2D eigenvalue weighted by Crippen LogP contribution is -1.90. The second-order valence-corrected chi connectivity index (χ2v) is 3.17. The van der Waals surface area contributed by atoms with E-state index in [1.165, 1.54) is 0 Å². The topological polar surface area (TPSA) is 38.7 Å². The molecule has 70 valence electrons. The molecule has 1 rings (SSSR count). The van der Waals surface area contributed by atoms with Crippen molar-refractivity contribution in [1.29, 1.82) is 0 Å². The van der Waals surface area contributed by atoms with Gasteiger partial charge in [-0.1, -0.05) is 13.8 Å². The Hall–Kier alpha value is -1.38. The summed E-state index contributed by atoms with van der Waals surface area (Å²) in [5.74, 6) is 1.04. The van der Waals surface area contributed by atoms with Crippen LogP contribution in [0.25, 0.3) is 0 Å². The number of hydrogen-bond donors (Lipinski definition) is 0. The zero-order chi connectivity index (χ0) is 9.84. The Morgan fingerprint density at radius 3 is 2.54 bits per heavy atom. The zero-order valence-electron chi connectivity index (χ0n) is 8.07. The van der Waals surface area contributed by atoms with Crippen molar-refractivity contribution in [2.45, 2.75) is 19.8 Å². The van der Waals surface area contributed by atoms with Crippen molar-refractivity contribution in [3.05, 3.63) is 28.7 Å². The number of rotatable bonds is 3. The van der Waals surface area contributed by atoms with E-state index in [1.807, 2.05) is 19.9 Å². The summed E-state index contributed by atoms with van der Waals surface area (Å²) in [7, 11) is 1.60. The summed E-state index contributed by atoms with van der Waals surface area (Å²) in [5, 5.41) is 2.96. The summed E-state index contributed by atoms with van der Waals surface area (Å²) >= 11 is 0. The SMILES string of the molecule is COc1ccc(N=O)c(C(C)C)c1. The normalized spacial score (nSPS) is 10.2. The Bertz CT molecular complexity index is 308. The number of nitroso groups, excluding NO2 is 1. The van der Waals surface area contributed by atoms with Crippen LogP contribution in [0, 0.1) is 4.91 Å². The molecule has 0 N–H and O–H groups in total. The average Bonchev–Trinajstić information content (AvgIpc) is 2.16. The van der Waals surface area contributed by atoms with Crippen LogP contribution in [0.1, 0.15) is 25.3 Å². The van der Waals surface area contributed by atoms with Gasteiger partial charge in [-0.3, -0.25) is 0 Å². The maximum absolute atomic E-state index is 10.4. The van der Waals surface area contributed by atoms with Crippen LogP contribution in [0.4, 0.5) is 5.69 Å². The molecule has 0 spiro atoms. The van der Waals surface area contributed by atoms with Crippen molar-refractivity contribution in [3.8, 4) is 5.75 Å². The molecule has 0 heterocycles. The minimum absolute atomic E-state index is 0.280. The summed E-state index contributed by atoms with van der Waals surface area (Å²) in [6, 6.07) is 5.27. The molecule has 0 aliphatic carbocycles. The molecule has 0 saturated carbocycles. The van der Waals surface area contributed by atoms with Gasteiger partial charge in [0.2, 0.25) is 0 Å². The number of nitrogens with zero attached hydrogens (tertiary/aromatic N) is 1. The highest BCUT2D eigenvalue weighted by Crippen LogP contribution is 2.30. The van der Waals surface area contributed by atoms with Crippen molar-refractivity contribution >= 4 is 5.69 Å². The largest absolute Gasteiger partial charge is 0.497 e. The minimum Gasteiger partial charge on any atom is -0.497 e. The quantitative estimate of drug-likeness (QED) is 0.668. The fraction of sp³-hybridized carbons (Fsp3) is 0.400. The minimum atomic E-state index is 0.280. The Morgan fingerprint density at radius 2 is 2.08 bits per heavy atom. The second kappa shape index (κ2) is 4.03. The van der Waals surface area contributed by atoms with E-state index < -0.39 is 0 Å². The molecule has 0 aromatic heterocycles. The van der Waals surface area contributed by atoms with E-state index in [0.29, 0.717) is 5.69 Å². The molecule has 0 amide bonds. The summed E-state index contributed by atoms with van der Waals surface area (Å²) in [5.41, 5.74) is 1.42. The van der Waals surface area contributed by atoms with E-state index in [-0.39, 0.29) is 5.92 Å². The van der Waals surface area contributed by atoms with Crippen LogP contribution in [0.15, 0.2) is 23.4 Å². The molecule has 0 fully saturated rings. The molecule has 3 heteroatoms. The molecule has 0 radical (unpaired) electrons. The van der Waals surface area contributed by atoms with Crippen molar-refractivity contribution in [3.63, 3.8) is 0 Å². The van der Waals surface area contributed by atoms with Crippen LogP contribution in [0.2, 0.25) is 0 Å². The van der Waals surface area contributed by atoms with Gasteiger partial charge in [-0.15, -0.1) is 4.91 Å². The maximum atomic E-state index is 10.4. The van der Waals surface area contributed by atoms with E-state index in [0.717, 1.165) is 11.3 Å². The lowest BCUT2D eigenvalue weighted by molar-refractivity contribution is 0.414. The standard InChI is InChI=1S/C10H13NO2/c1-7(2)9-6-8(13-3)4-5-10(9)11-12/h4-7H,1-3H3. The van der Waals surface area contributed by atoms with Gasteiger partial charge in [-0.25, -0.2) is 0 Å². The van der Waals surface area contributed by atoms with Crippen LogP contribution in [-0.2, 0) is 0 Å². The van der Waals surface area contributed by atoms with Gasteiger partial charge in [0.1, 0.15) is 11.4 Å². The van der Waals surface area contributed by atoms with Crippen molar-refractivity contribution in [2.24, 2.45) is 5.18 Å². The molecule has 3 nitrogen and oxygen atoms in total. The van der Waals surface area contributed by atoms with E-state index in [9.17, 15) is 4.91 Å². The van der Waals surface area contributed by atoms with Gasteiger partial charge in [0.15, 0.2) is 0 Å². The highest BCUT2D eigenvalue weighted by atomic mass is 16.5. The van der Waals surface area contributed by atoms with Crippen molar-refractivity contribution < 1.29 is 4.74 Å². The Kier molecular flexibility index (Phi) is 3.01. The van der Waals surface area contributed by atoms with Gasteiger partial charge < -0.3 is 4.74 Å². The molecular weight excluding hydrogens is 166 g/mol. The first-order chi connectivity index (χ1) is 6.19. The van der Waals surface area contributed by atoms with Crippen LogP contribution in [0.3, 0.4) is 0 Å². The number of ether oxygens (including phenoxy) is 1. The van der Waals surface area contributed by atoms with Crippen LogP contribution >= 0.6 is 0 Å². The fourth-order valence-electron chi connectivity index (χ4n) is 1.21. The van der Waals surface area contributed by atoms with Gasteiger partial charge in [-0.05, 0) is 34.9 Å². The number of hydrogen-bond acceptors (Lipinski definition) is 3. The third-order valence-electron chi connectivity index (χ3n) is 1.96. The molecule has 1 aromatic carbocycles. The van der Waals surface area contributed by atoms with Crippen LogP contribution in [-0.4, -0.2) is 7.11 Å². The zero-order valence-corrected chi connectivity index (χ0v) is 8.07. The monoisotopic (exact) mass is 179 g/mol. The van der Waals surface area contributed by atoms with Gasteiger partial charge in [0.25, 0.3) is 0 Å². The average molecular weight is 179 g/mol. The molecule has 1 aromatic rings. The Morgan fingerprint density at radius 1 is 1.38 bits per heavy atom. The predicted molar refractivity (Wildman–Crippen MR) is 52.5 cm³/mol. The lowest BCUT2D eigenvalue weighted by Gasteiger charge is -2.09. The second-order valence-electron chi connectivity index (χ2n) is 3.17.